The second kappa shape index (κ2) is 8.25. The van der Waals surface area contributed by atoms with Crippen LogP contribution in [-0.4, -0.2) is 24.8 Å². The number of hydrogen-bond acceptors (Lipinski definition) is 3. The van der Waals surface area contributed by atoms with Crippen molar-refractivity contribution < 1.29 is 28.2 Å². The molecule has 30 heavy (non-hydrogen) atoms. The zero-order valence-corrected chi connectivity index (χ0v) is 17.1. The second-order valence-corrected chi connectivity index (χ2v) is 8.45. The number of ether oxygens (including phenoxy) is 2. The number of benzene rings is 2. The summed E-state index contributed by atoms with van der Waals surface area (Å²) in [5.74, 6) is -1.56. The quantitative estimate of drug-likeness (QED) is 0.597. The van der Waals surface area contributed by atoms with Gasteiger partial charge in [0.05, 0.1) is 19.6 Å². The molecule has 2 aromatic rings. The molecule has 4 atom stereocenters. The molecule has 0 saturated heterocycles. The van der Waals surface area contributed by atoms with Crippen molar-refractivity contribution in [2.75, 3.05) is 13.7 Å². The SMILES string of the molecule is COc1ccc(F)c([C@H]2C[C@@H]2COc2cccc([C@H](C3CC3)[C@H](C)C(=O)O)c2)c1F. The second-order valence-electron chi connectivity index (χ2n) is 8.45. The average Bonchev–Trinajstić information content (AvgIpc) is 3.64. The monoisotopic (exact) mass is 416 g/mol. The van der Waals surface area contributed by atoms with E-state index in [-0.39, 0.29) is 29.1 Å². The topological polar surface area (TPSA) is 55.8 Å². The number of carbonyl (C=O) groups is 1. The standard InChI is InChI=1S/C24H26F2O4/c1-13(24(27)28)21(14-6-7-14)15-4-3-5-17(10-15)30-12-16-11-18(16)22-19(25)8-9-20(29-2)23(22)26/h3-5,8-10,13-14,16,18,21H,6-7,11-12H2,1-2H3,(H,27,28)/t13-,16+,18-,21-/m0/s1. The van der Waals surface area contributed by atoms with E-state index < -0.39 is 23.5 Å². The van der Waals surface area contributed by atoms with Gasteiger partial charge in [0, 0.05) is 11.5 Å². The Bertz CT molecular complexity index is 941. The molecule has 4 rings (SSSR count). The first kappa shape index (κ1) is 20.6. The molecule has 0 bridgehead atoms. The summed E-state index contributed by atoms with van der Waals surface area (Å²) >= 11 is 0. The van der Waals surface area contributed by atoms with Crippen molar-refractivity contribution in [1.29, 1.82) is 0 Å². The summed E-state index contributed by atoms with van der Waals surface area (Å²) < 4.78 is 39.5. The molecule has 0 amide bonds. The van der Waals surface area contributed by atoms with Gasteiger partial charge in [0.1, 0.15) is 11.6 Å². The van der Waals surface area contributed by atoms with Gasteiger partial charge in [0.2, 0.25) is 0 Å². The van der Waals surface area contributed by atoms with E-state index in [1.165, 1.54) is 19.2 Å². The van der Waals surface area contributed by atoms with Gasteiger partial charge in [-0.1, -0.05) is 19.1 Å². The number of halogens is 2. The molecule has 4 nitrogen and oxygen atoms in total. The summed E-state index contributed by atoms with van der Waals surface area (Å²) in [7, 11) is 1.36. The molecular formula is C24H26F2O4. The largest absolute Gasteiger partial charge is 0.494 e. The minimum absolute atomic E-state index is 0.0281. The number of hydrogen-bond donors (Lipinski definition) is 1. The van der Waals surface area contributed by atoms with Crippen LogP contribution in [0.25, 0.3) is 0 Å². The fourth-order valence-corrected chi connectivity index (χ4v) is 4.43. The zero-order valence-electron chi connectivity index (χ0n) is 17.1. The third-order valence-corrected chi connectivity index (χ3v) is 6.37. The number of carboxylic acid groups (broad SMARTS) is 1. The molecule has 2 aliphatic rings. The summed E-state index contributed by atoms with van der Waals surface area (Å²) in [6.07, 6.45) is 2.75. The Labute approximate surface area is 174 Å². The minimum atomic E-state index is -0.790. The lowest BCUT2D eigenvalue weighted by Crippen LogP contribution is -2.20. The smallest absolute Gasteiger partial charge is 0.306 e. The molecule has 2 saturated carbocycles. The van der Waals surface area contributed by atoms with E-state index in [0.717, 1.165) is 18.4 Å². The van der Waals surface area contributed by atoms with E-state index in [4.69, 9.17) is 9.47 Å². The summed E-state index contributed by atoms with van der Waals surface area (Å²) in [5, 5.41) is 9.46. The average molecular weight is 416 g/mol. The van der Waals surface area contributed by atoms with Crippen LogP contribution in [0.5, 0.6) is 11.5 Å². The molecule has 0 radical (unpaired) electrons. The van der Waals surface area contributed by atoms with Crippen molar-refractivity contribution in [1.82, 2.24) is 0 Å². The number of methoxy groups -OCH3 is 1. The maximum Gasteiger partial charge on any atom is 0.306 e. The van der Waals surface area contributed by atoms with Crippen LogP contribution in [0.1, 0.15) is 49.1 Å². The Morgan fingerprint density at radius 3 is 2.67 bits per heavy atom. The van der Waals surface area contributed by atoms with Crippen molar-refractivity contribution in [3.8, 4) is 11.5 Å². The molecule has 0 aliphatic heterocycles. The first-order valence-electron chi connectivity index (χ1n) is 10.4. The summed E-state index contributed by atoms with van der Waals surface area (Å²) in [4.78, 5) is 11.5. The Hall–Kier alpha value is -2.63. The fraction of sp³-hybridized carbons (Fsp3) is 0.458. The van der Waals surface area contributed by atoms with Gasteiger partial charge in [0.25, 0.3) is 0 Å². The Balaban J connectivity index is 1.43. The highest BCUT2D eigenvalue weighted by atomic mass is 19.1. The van der Waals surface area contributed by atoms with Gasteiger partial charge >= 0.3 is 5.97 Å². The molecule has 0 unspecified atom stereocenters. The molecule has 0 heterocycles. The maximum absolute atomic E-state index is 14.5. The predicted molar refractivity (Wildman–Crippen MR) is 108 cm³/mol. The maximum atomic E-state index is 14.5. The van der Waals surface area contributed by atoms with E-state index in [1.807, 2.05) is 24.3 Å². The molecule has 2 aliphatic carbocycles. The lowest BCUT2D eigenvalue weighted by Gasteiger charge is -2.21. The van der Waals surface area contributed by atoms with Crippen molar-refractivity contribution in [2.24, 2.45) is 17.8 Å². The zero-order chi connectivity index (χ0) is 21.4. The molecule has 2 fully saturated rings. The van der Waals surface area contributed by atoms with Gasteiger partial charge in [-0.25, -0.2) is 8.78 Å². The van der Waals surface area contributed by atoms with Crippen LogP contribution in [0, 0.1) is 29.4 Å². The van der Waals surface area contributed by atoms with Gasteiger partial charge in [-0.3, -0.25) is 4.79 Å². The van der Waals surface area contributed by atoms with Gasteiger partial charge in [-0.15, -0.1) is 0 Å². The van der Waals surface area contributed by atoms with Crippen LogP contribution in [0.2, 0.25) is 0 Å². The highest BCUT2D eigenvalue weighted by molar-refractivity contribution is 5.71. The van der Waals surface area contributed by atoms with Gasteiger partial charge in [-0.2, -0.15) is 0 Å². The lowest BCUT2D eigenvalue weighted by molar-refractivity contribution is -0.142. The molecule has 6 heteroatoms. The van der Waals surface area contributed by atoms with Crippen LogP contribution in [-0.2, 0) is 4.79 Å². The van der Waals surface area contributed by atoms with Crippen LogP contribution >= 0.6 is 0 Å². The number of rotatable bonds is 9. The Morgan fingerprint density at radius 1 is 1.23 bits per heavy atom. The van der Waals surface area contributed by atoms with Crippen LogP contribution in [0.15, 0.2) is 36.4 Å². The highest BCUT2D eigenvalue weighted by Gasteiger charge is 2.43. The molecule has 160 valence electrons. The predicted octanol–water partition coefficient (Wildman–Crippen LogP) is 5.37. The van der Waals surface area contributed by atoms with Crippen LogP contribution < -0.4 is 9.47 Å². The highest BCUT2D eigenvalue weighted by Crippen LogP contribution is 2.51. The van der Waals surface area contributed by atoms with Crippen LogP contribution in [0.4, 0.5) is 8.78 Å². The minimum Gasteiger partial charge on any atom is -0.494 e. The van der Waals surface area contributed by atoms with Crippen molar-refractivity contribution >= 4 is 5.97 Å². The number of carboxylic acids is 1. The van der Waals surface area contributed by atoms with Gasteiger partial charge in [-0.05, 0) is 66.8 Å². The molecular weight excluding hydrogens is 390 g/mol. The Kier molecular flexibility index (Phi) is 5.67. The van der Waals surface area contributed by atoms with E-state index in [9.17, 15) is 18.7 Å². The van der Waals surface area contributed by atoms with E-state index in [1.54, 1.807) is 6.92 Å². The molecule has 1 N–H and O–H groups in total. The normalized spacial score (nSPS) is 22.3. The van der Waals surface area contributed by atoms with Crippen molar-refractivity contribution in [3.05, 3.63) is 59.2 Å². The molecule has 2 aromatic carbocycles. The Morgan fingerprint density at radius 2 is 2.00 bits per heavy atom. The van der Waals surface area contributed by atoms with Gasteiger partial charge in [0.15, 0.2) is 11.6 Å². The summed E-state index contributed by atoms with van der Waals surface area (Å²) in [6.45, 7) is 2.11. The van der Waals surface area contributed by atoms with Crippen LogP contribution in [0.3, 0.4) is 0 Å². The van der Waals surface area contributed by atoms with E-state index in [0.29, 0.717) is 24.7 Å². The summed E-state index contributed by atoms with van der Waals surface area (Å²) in [5.41, 5.74) is 1.04. The first-order valence-corrected chi connectivity index (χ1v) is 10.4. The summed E-state index contributed by atoms with van der Waals surface area (Å²) in [6, 6.07) is 10.1. The molecule has 0 aromatic heterocycles. The fourth-order valence-electron chi connectivity index (χ4n) is 4.43. The molecule has 0 spiro atoms. The lowest BCUT2D eigenvalue weighted by atomic mass is 9.83. The van der Waals surface area contributed by atoms with Gasteiger partial charge < -0.3 is 14.6 Å². The third kappa shape index (κ3) is 4.13. The number of aliphatic carboxylic acids is 1. The van der Waals surface area contributed by atoms with E-state index >= 15 is 0 Å². The first-order chi connectivity index (χ1) is 14.4. The van der Waals surface area contributed by atoms with Crippen molar-refractivity contribution in [2.45, 2.75) is 38.0 Å². The third-order valence-electron chi connectivity index (χ3n) is 6.37. The van der Waals surface area contributed by atoms with Crippen molar-refractivity contribution in [3.63, 3.8) is 0 Å². The van der Waals surface area contributed by atoms with E-state index in [2.05, 4.69) is 0 Å².